The Morgan fingerprint density at radius 3 is 2.95 bits per heavy atom. The lowest BCUT2D eigenvalue weighted by Gasteiger charge is -2.08. The van der Waals surface area contributed by atoms with Gasteiger partial charge in [-0.25, -0.2) is 5.84 Å². The number of para-hydroxylation sites is 1. The second-order valence-electron chi connectivity index (χ2n) is 4.55. The summed E-state index contributed by atoms with van der Waals surface area (Å²) in [6.45, 7) is 5.68. The van der Waals surface area contributed by atoms with E-state index >= 15 is 0 Å². The number of amides is 1. The van der Waals surface area contributed by atoms with Crippen LogP contribution in [-0.2, 0) is 13.0 Å². The van der Waals surface area contributed by atoms with Crippen LogP contribution in [0.2, 0.25) is 0 Å². The van der Waals surface area contributed by atoms with Crippen LogP contribution in [0.3, 0.4) is 0 Å². The van der Waals surface area contributed by atoms with E-state index in [9.17, 15) is 4.79 Å². The molecule has 0 unspecified atom stereocenters. The van der Waals surface area contributed by atoms with E-state index in [0.29, 0.717) is 17.1 Å². The monoisotopic (exact) mass is 286 g/mol. The molecule has 0 aliphatic carbocycles. The van der Waals surface area contributed by atoms with E-state index in [1.54, 1.807) is 13.0 Å². The Balaban J connectivity index is 2.10. The lowest BCUT2D eigenvalue weighted by atomic mass is 10.1. The minimum atomic E-state index is -0.380. The molecule has 1 amide bonds. The molecule has 0 spiro atoms. The summed E-state index contributed by atoms with van der Waals surface area (Å²) < 4.78 is 11.3. The zero-order valence-corrected chi connectivity index (χ0v) is 11.9. The molecule has 5 nitrogen and oxygen atoms in total. The Morgan fingerprint density at radius 2 is 2.24 bits per heavy atom. The molecule has 1 heterocycles. The van der Waals surface area contributed by atoms with Crippen LogP contribution in [0.25, 0.3) is 0 Å². The van der Waals surface area contributed by atoms with Crippen molar-refractivity contribution in [1.29, 1.82) is 0 Å². The molecule has 2 rings (SSSR count). The SMILES string of the molecule is C=CCc1ccccc1OCc1cc(C(=O)NN)c(C)o1. The van der Waals surface area contributed by atoms with Crippen LogP contribution >= 0.6 is 0 Å². The first-order chi connectivity index (χ1) is 10.2. The van der Waals surface area contributed by atoms with Crippen LogP contribution in [0.15, 0.2) is 47.4 Å². The summed E-state index contributed by atoms with van der Waals surface area (Å²) in [5.41, 5.74) is 3.55. The normalized spacial score (nSPS) is 10.2. The molecule has 1 aromatic carbocycles. The highest BCUT2D eigenvalue weighted by Crippen LogP contribution is 2.21. The van der Waals surface area contributed by atoms with Crippen LogP contribution in [-0.4, -0.2) is 5.91 Å². The maximum atomic E-state index is 11.5. The summed E-state index contributed by atoms with van der Waals surface area (Å²) in [4.78, 5) is 11.5. The van der Waals surface area contributed by atoms with E-state index in [0.717, 1.165) is 17.7 Å². The number of ether oxygens (including phenoxy) is 1. The smallest absolute Gasteiger partial charge is 0.268 e. The third-order valence-corrected chi connectivity index (χ3v) is 3.05. The number of hydrogen-bond donors (Lipinski definition) is 2. The van der Waals surface area contributed by atoms with E-state index in [1.165, 1.54) is 0 Å². The van der Waals surface area contributed by atoms with Crippen molar-refractivity contribution in [3.8, 4) is 5.75 Å². The zero-order valence-electron chi connectivity index (χ0n) is 11.9. The summed E-state index contributed by atoms with van der Waals surface area (Å²) in [6.07, 6.45) is 2.55. The third-order valence-electron chi connectivity index (χ3n) is 3.05. The number of carbonyl (C=O) groups is 1. The van der Waals surface area contributed by atoms with Crippen molar-refractivity contribution < 1.29 is 13.9 Å². The molecule has 0 aliphatic heterocycles. The molecule has 2 aromatic rings. The van der Waals surface area contributed by atoms with E-state index in [1.807, 2.05) is 30.3 Å². The highest BCUT2D eigenvalue weighted by molar-refractivity contribution is 5.94. The highest BCUT2D eigenvalue weighted by Gasteiger charge is 2.14. The van der Waals surface area contributed by atoms with Crippen LogP contribution in [0.1, 0.15) is 27.4 Å². The van der Waals surface area contributed by atoms with Crippen molar-refractivity contribution in [2.75, 3.05) is 0 Å². The minimum Gasteiger partial charge on any atom is -0.485 e. The molecule has 3 N–H and O–H groups in total. The molecule has 0 saturated heterocycles. The predicted molar refractivity (Wildman–Crippen MR) is 79.8 cm³/mol. The van der Waals surface area contributed by atoms with Crippen LogP contribution in [0.4, 0.5) is 0 Å². The quantitative estimate of drug-likeness (QED) is 0.370. The molecular formula is C16H18N2O3. The van der Waals surface area contributed by atoms with Gasteiger partial charge in [0, 0.05) is 0 Å². The number of rotatable bonds is 6. The molecular weight excluding hydrogens is 268 g/mol. The first-order valence-electron chi connectivity index (χ1n) is 6.57. The van der Waals surface area contributed by atoms with E-state index in [4.69, 9.17) is 15.0 Å². The fourth-order valence-electron chi connectivity index (χ4n) is 2.04. The second kappa shape index (κ2) is 6.76. The number of nitrogens with one attached hydrogen (secondary N) is 1. The second-order valence-corrected chi connectivity index (χ2v) is 4.55. The van der Waals surface area contributed by atoms with Gasteiger partial charge in [-0.2, -0.15) is 0 Å². The Hall–Kier alpha value is -2.53. The summed E-state index contributed by atoms with van der Waals surface area (Å²) >= 11 is 0. The lowest BCUT2D eigenvalue weighted by Crippen LogP contribution is -2.30. The number of hydrogen-bond acceptors (Lipinski definition) is 4. The number of benzene rings is 1. The molecule has 0 atom stereocenters. The van der Waals surface area contributed by atoms with Gasteiger partial charge in [-0.3, -0.25) is 10.2 Å². The Kier molecular flexibility index (Phi) is 4.79. The molecule has 0 fully saturated rings. The van der Waals surface area contributed by atoms with Crippen molar-refractivity contribution in [3.05, 3.63) is 65.6 Å². The van der Waals surface area contributed by atoms with Crippen molar-refractivity contribution >= 4 is 5.91 Å². The number of furan rings is 1. The number of allylic oxidation sites excluding steroid dienone is 1. The van der Waals surface area contributed by atoms with E-state index in [-0.39, 0.29) is 12.5 Å². The lowest BCUT2D eigenvalue weighted by molar-refractivity contribution is 0.0952. The van der Waals surface area contributed by atoms with Crippen molar-refractivity contribution in [2.24, 2.45) is 5.84 Å². The number of carbonyl (C=O) groups excluding carboxylic acids is 1. The van der Waals surface area contributed by atoms with Crippen LogP contribution < -0.4 is 16.0 Å². The van der Waals surface area contributed by atoms with Gasteiger partial charge < -0.3 is 9.15 Å². The van der Waals surface area contributed by atoms with Crippen LogP contribution in [0, 0.1) is 6.92 Å². The first kappa shape index (κ1) is 14.9. The topological polar surface area (TPSA) is 77.5 Å². The molecule has 0 aliphatic rings. The largest absolute Gasteiger partial charge is 0.485 e. The van der Waals surface area contributed by atoms with Gasteiger partial charge in [0.2, 0.25) is 0 Å². The van der Waals surface area contributed by atoms with Crippen molar-refractivity contribution in [2.45, 2.75) is 20.0 Å². The van der Waals surface area contributed by atoms with Gasteiger partial charge in [-0.05, 0) is 31.0 Å². The fourth-order valence-corrected chi connectivity index (χ4v) is 2.04. The average Bonchev–Trinajstić information content (AvgIpc) is 2.87. The minimum absolute atomic E-state index is 0.243. The number of hydrazine groups is 1. The molecule has 110 valence electrons. The van der Waals surface area contributed by atoms with Gasteiger partial charge in [-0.15, -0.1) is 6.58 Å². The number of nitrogens with two attached hydrogens (primary N) is 1. The van der Waals surface area contributed by atoms with Gasteiger partial charge in [-0.1, -0.05) is 24.3 Å². The Bertz CT molecular complexity index is 647. The Morgan fingerprint density at radius 1 is 1.48 bits per heavy atom. The van der Waals surface area contributed by atoms with Crippen LogP contribution in [0.5, 0.6) is 5.75 Å². The van der Waals surface area contributed by atoms with Gasteiger partial charge in [0.25, 0.3) is 5.91 Å². The summed E-state index contributed by atoms with van der Waals surface area (Å²) in [7, 11) is 0. The van der Waals surface area contributed by atoms with E-state index in [2.05, 4.69) is 12.0 Å². The molecule has 5 heteroatoms. The van der Waals surface area contributed by atoms with Crippen molar-refractivity contribution in [3.63, 3.8) is 0 Å². The summed E-state index contributed by atoms with van der Waals surface area (Å²) in [5.74, 6) is 6.59. The summed E-state index contributed by atoms with van der Waals surface area (Å²) in [6, 6.07) is 9.36. The fraction of sp³-hybridized carbons (Fsp3) is 0.188. The standard InChI is InChI=1S/C16H18N2O3/c1-3-6-12-7-4-5-8-15(12)20-10-13-9-14(11(2)21-13)16(19)18-17/h3-5,7-9H,1,6,10,17H2,2H3,(H,18,19). The first-order valence-corrected chi connectivity index (χ1v) is 6.57. The maximum absolute atomic E-state index is 11.5. The molecule has 21 heavy (non-hydrogen) atoms. The van der Waals surface area contributed by atoms with Gasteiger partial charge in [0.1, 0.15) is 23.9 Å². The number of aryl methyl sites for hydroxylation is 1. The summed E-state index contributed by atoms with van der Waals surface area (Å²) in [5, 5.41) is 0. The molecule has 0 bridgehead atoms. The van der Waals surface area contributed by atoms with E-state index < -0.39 is 0 Å². The van der Waals surface area contributed by atoms with Gasteiger partial charge >= 0.3 is 0 Å². The van der Waals surface area contributed by atoms with Gasteiger partial charge in [0.15, 0.2) is 0 Å². The third kappa shape index (κ3) is 3.52. The molecule has 0 radical (unpaired) electrons. The van der Waals surface area contributed by atoms with Gasteiger partial charge in [0.05, 0.1) is 5.56 Å². The highest BCUT2D eigenvalue weighted by atomic mass is 16.5. The predicted octanol–water partition coefficient (Wildman–Crippen LogP) is 2.50. The Labute approximate surface area is 123 Å². The molecule has 1 aromatic heterocycles. The van der Waals surface area contributed by atoms with Crippen molar-refractivity contribution in [1.82, 2.24) is 5.43 Å². The maximum Gasteiger partial charge on any atom is 0.268 e. The average molecular weight is 286 g/mol. The number of nitrogen functional groups attached to an aromatic ring is 1. The molecule has 0 saturated carbocycles. The zero-order chi connectivity index (χ0) is 15.2.